The fourth-order valence-electron chi connectivity index (χ4n) is 3.11. The number of rotatable bonds is 6. The highest BCUT2D eigenvalue weighted by molar-refractivity contribution is 7.91. The monoisotopic (exact) mass is 394 g/mol. The predicted molar refractivity (Wildman–Crippen MR) is 98.6 cm³/mol. The molecule has 0 aliphatic carbocycles. The van der Waals surface area contributed by atoms with Crippen molar-refractivity contribution in [3.05, 3.63) is 35.9 Å². The van der Waals surface area contributed by atoms with E-state index in [4.69, 9.17) is 4.74 Å². The molecule has 1 unspecified atom stereocenters. The van der Waals surface area contributed by atoms with Gasteiger partial charge in [-0.2, -0.15) is 0 Å². The fourth-order valence-corrected chi connectivity index (χ4v) is 4.89. The van der Waals surface area contributed by atoms with Crippen LogP contribution >= 0.6 is 0 Å². The van der Waals surface area contributed by atoms with E-state index >= 15 is 0 Å². The van der Waals surface area contributed by atoms with Crippen molar-refractivity contribution in [2.24, 2.45) is 0 Å². The van der Waals surface area contributed by atoms with Crippen molar-refractivity contribution in [1.29, 1.82) is 0 Å². The molecule has 0 bridgehead atoms. The summed E-state index contributed by atoms with van der Waals surface area (Å²) in [7, 11) is -0.0109. The summed E-state index contributed by atoms with van der Waals surface area (Å²) in [4.78, 5) is 31.1. The van der Waals surface area contributed by atoms with Crippen LogP contribution in [-0.4, -0.2) is 79.4 Å². The first-order chi connectivity index (χ1) is 12.8. The molecule has 1 atom stereocenters. The van der Waals surface area contributed by atoms with Crippen molar-refractivity contribution >= 4 is 27.2 Å². The smallest absolute Gasteiger partial charge is 0.287 e. The minimum Gasteiger partial charge on any atom is -0.383 e. The molecule has 2 aromatic rings. The van der Waals surface area contributed by atoms with Crippen molar-refractivity contribution in [3.8, 4) is 0 Å². The van der Waals surface area contributed by atoms with E-state index in [0.29, 0.717) is 25.1 Å². The second kappa shape index (κ2) is 7.65. The molecule has 0 aromatic carbocycles. The van der Waals surface area contributed by atoms with Crippen LogP contribution in [0.5, 0.6) is 0 Å². The number of hydrogen-bond donors (Lipinski definition) is 1. The number of methoxy groups -OCH3 is 1. The molecule has 2 amide bonds. The molecule has 146 valence electrons. The van der Waals surface area contributed by atoms with Crippen LogP contribution in [0.15, 0.2) is 24.4 Å². The molecule has 1 saturated heterocycles. The summed E-state index contributed by atoms with van der Waals surface area (Å²) in [6, 6.07) is 4.80. The van der Waals surface area contributed by atoms with Gasteiger partial charge in [0.15, 0.2) is 15.5 Å². The van der Waals surface area contributed by atoms with Gasteiger partial charge < -0.3 is 15.0 Å². The van der Waals surface area contributed by atoms with Crippen LogP contribution in [0.2, 0.25) is 0 Å². The highest BCUT2D eigenvalue weighted by atomic mass is 32.2. The van der Waals surface area contributed by atoms with E-state index in [2.05, 4.69) is 10.3 Å². The zero-order chi connectivity index (χ0) is 19.6. The van der Waals surface area contributed by atoms with E-state index in [-0.39, 0.29) is 29.1 Å². The summed E-state index contributed by atoms with van der Waals surface area (Å²) in [5.41, 5.74) is 0.617. The van der Waals surface area contributed by atoms with Gasteiger partial charge in [-0.1, -0.05) is 6.07 Å². The molecule has 3 heterocycles. The van der Waals surface area contributed by atoms with Gasteiger partial charge in [0.2, 0.25) is 5.82 Å². The topological polar surface area (TPSA) is 110 Å². The number of nitrogens with zero attached hydrogens (tertiary/aromatic N) is 3. The van der Waals surface area contributed by atoms with Gasteiger partial charge in [-0.05, 0) is 18.6 Å². The lowest BCUT2D eigenvalue weighted by Gasteiger charge is -2.22. The number of nitrogens with one attached hydrogen (secondary N) is 1. The highest BCUT2D eigenvalue weighted by Gasteiger charge is 2.34. The lowest BCUT2D eigenvalue weighted by Crippen LogP contribution is -2.38. The van der Waals surface area contributed by atoms with E-state index in [9.17, 15) is 18.0 Å². The lowest BCUT2D eigenvalue weighted by molar-refractivity contribution is 0.0744. The van der Waals surface area contributed by atoms with Crippen molar-refractivity contribution in [2.45, 2.75) is 12.5 Å². The standard InChI is InChI=1S/C17H22N4O5S/c1-20(12-6-10-27(24,25)11-12)17(23)14-13-5-3-4-8-21(13)15(19-14)16(22)18-7-9-26-2/h3-5,8,12H,6-7,9-11H2,1-2H3,(H,18,22). The Morgan fingerprint density at radius 3 is 2.85 bits per heavy atom. The van der Waals surface area contributed by atoms with Gasteiger partial charge in [-0.3, -0.25) is 14.0 Å². The molecule has 1 N–H and O–H groups in total. The average Bonchev–Trinajstić information content (AvgIpc) is 3.21. The van der Waals surface area contributed by atoms with Crippen LogP contribution in [0.25, 0.3) is 5.52 Å². The maximum absolute atomic E-state index is 13.0. The number of imidazole rings is 1. The molecule has 0 radical (unpaired) electrons. The number of aromatic nitrogens is 2. The number of carbonyl (C=O) groups excluding carboxylic acids is 2. The number of sulfone groups is 1. The van der Waals surface area contributed by atoms with Crippen molar-refractivity contribution in [3.63, 3.8) is 0 Å². The molecule has 3 rings (SSSR count). The Balaban J connectivity index is 1.90. The van der Waals surface area contributed by atoms with E-state index in [1.807, 2.05) is 0 Å². The second-order valence-electron chi connectivity index (χ2n) is 6.46. The van der Waals surface area contributed by atoms with Crippen LogP contribution in [0.1, 0.15) is 27.5 Å². The van der Waals surface area contributed by atoms with Crippen molar-refractivity contribution in [2.75, 3.05) is 38.8 Å². The third-order valence-corrected chi connectivity index (χ3v) is 6.37. The molecule has 2 aromatic heterocycles. The summed E-state index contributed by atoms with van der Waals surface area (Å²) in [5, 5.41) is 2.69. The number of amides is 2. The summed E-state index contributed by atoms with van der Waals surface area (Å²) >= 11 is 0. The SMILES string of the molecule is COCCNC(=O)c1nc(C(=O)N(C)C2CCS(=O)(=O)C2)c2ccccn12. The number of ether oxygens (including phenoxy) is 1. The van der Waals surface area contributed by atoms with E-state index < -0.39 is 21.7 Å². The van der Waals surface area contributed by atoms with Gasteiger partial charge in [-0.25, -0.2) is 13.4 Å². The Bertz CT molecular complexity index is 969. The van der Waals surface area contributed by atoms with E-state index in [1.54, 1.807) is 35.8 Å². The van der Waals surface area contributed by atoms with Crippen molar-refractivity contribution in [1.82, 2.24) is 19.6 Å². The third kappa shape index (κ3) is 3.96. The number of pyridine rings is 1. The molecule has 27 heavy (non-hydrogen) atoms. The molecule has 0 spiro atoms. The quantitative estimate of drug-likeness (QED) is 0.689. The Morgan fingerprint density at radius 2 is 2.19 bits per heavy atom. The van der Waals surface area contributed by atoms with Crippen LogP contribution < -0.4 is 5.32 Å². The van der Waals surface area contributed by atoms with Gasteiger partial charge in [0.1, 0.15) is 0 Å². The molecule has 1 fully saturated rings. The minimum absolute atomic E-state index is 0.0502. The maximum Gasteiger partial charge on any atom is 0.287 e. The summed E-state index contributed by atoms with van der Waals surface area (Å²) in [6.07, 6.45) is 2.06. The average molecular weight is 394 g/mol. The lowest BCUT2D eigenvalue weighted by atomic mass is 10.2. The fraction of sp³-hybridized carbons (Fsp3) is 0.471. The first-order valence-electron chi connectivity index (χ1n) is 8.56. The zero-order valence-electron chi connectivity index (χ0n) is 15.2. The van der Waals surface area contributed by atoms with E-state index in [1.165, 1.54) is 12.0 Å². The Morgan fingerprint density at radius 1 is 1.41 bits per heavy atom. The Kier molecular flexibility index (Phi) is 5.47. The molecule has 10 heteroatoms. The number of fused-ring (bicyclic) bond motifs is 1. The van der Waals surface area contributed by atoms with Crippen LogP contribution in [0.3, 0.4) is 0 Å². The summed E-state index contributed by atoms with van der Waals surface area (Å²) in [5.74, 6) is -0.703. The predicted octanol–water partition coefficient (Wildman–Crippen LogP) is -0.0304. The largest absolute Gasteiger partial charge is 0.383 e. The molecular formula is C17H22N4O5S. The summed E-state index contributed by atoms with van der Waals surface area (Å²) < 4.78 is 29.9. The molecule has 1 aliphatic heterocycles. The van der Waals surface area contributed by atoms with Gasteiger partial charge >= 0.3 is 0 Å². The number of carbonyl (C=O) groups is 2. The molecular weight excluding hydrogens is 372 g/mol. The summed E-state index contributed by atoms with van der Waals surface area (Å²) in [6.45, 7) is 0.680. The van der Waals surface area contributed by atoms with Crippen LogP contribution in [-0.2, 0) is 14.6 Å². The van der Waals surface area contributed by atoms with Gasteiger partial charge in [-0.15, -0.1) is 0 Å². The molecule has 9 nitrogen and oxygen atoms in total. The zero-order valence-corrected chi connectivity index (χ0v) is 16.0. The van der Waals surface area contributed by atoms with Crippen molar-refractivity contribution < 1.29 is 22.7 Å². The minimum atomic E-state index is -3.12. The van der Waals surface area contributed by atoms with Gasteiger partial charge in [0.25, 0.3) is 11.8 Å². The third-order valence-electron chi connectivity index (χ3n) is 4.62. The second-order valence-corrected chi connectivity index (χ2v) is 8.69. The van der Waals surface area contributed by atoms with Gasteiger partial charge in [0, 0.05) is 32.9 Å². The Hall–Kier alpha value is -2.46. The molecule has 0 saturated carbocycles. The first kappa shape index (κ1) is 19.3. The number of hydrogen-bond acceptors (Lipinski definition) is 6. The first-order valence-corrected chi connectivity index (χ1v) is 10.4. The van der Waals surface area contributed by atoms with E-state index in [0.717, 1.165) is 0 Å². The van der Waals surface area contributed by atoms with Crippen LogP contribution in [0, 0.1) is 0 Å². The van der Waals surface area contributed by atoms with Crippen LogP contribution in [0.4, 0.5) is 0 Å². The highest BCUT2D eigenvalue weighted by Crippen LogP contribution is 2.21. The Labute approximate surface area is 157 Å². The maximum atomic E-state index is 13.0. The van der Waals surface area contributed by atoms with Gasteiger partial charge in [0.05, 0.1) is 23.6 Å². The molecule has 1 aliphatic rings. The normalized spacial score (nSPS) is 18.5.